The number of likely N-dealkylation sites (tertiary alicyclic amines) is 1. The van der Waals surface area contributed by atoms with Gasteiger partial charge in [0.15, 0.2) is 5.96 Å². The number of likely N-dealkylation sites (N-methyl/N-ethyl adjacent to an activating group) is 2. The van der Waals surface area contributed by atoms with Crippen LogP contribution in [0.4, 0.5) is 0 Å². The molecular weight excluding hydrogens is 455 g/mol. The van der Waals surface area contributed by atoms with Gasteiger partial charge in [-0.15, -0.1) is 24.0 Å². The maximum atomic E-state index is 12.0. The number of hydrogen-bond acceptors (Lipinski definition) is 4. The monoisotopic (exact) mass is 494 g/mol. The van der Waals surface area contributed by atoms with Gasteiger partial charge in [0.25, 0.3) is 0 Å². The lowest BCUT2D eigenvalue weighted by molar-refractivity contribution is -0.130. The maximum Gasteiger partial charge on any atom is 0.222 e. The lowest BCUT2D eigenvalue weighted by Gasteiger charge is -2.36. The molecule has 0 aromatic heterocycles. The van der Waals surface area contributed by atoms with Crippen LogP contribution in [-0.2, 0) is 4.79 Å². The van der Waals surface area contributed by atoms with Gasteiger partial charge in [-0.1, -0.05) is 6.42 Å². The summed E-state index contributed by atoms with van der Waals surface area (Å²) in [5.41, 5.74) is 0. The summed E-state index contributed by atoms with van der Waals surface area (Å²) in [5.74, 6) is 1.21. The largest absolute Gasteiger partial charge is 0.357 e. The molecule has 2 saturated heterocycles. The standard InChI is InChI=1S/C19H38N6O.HI/c1-4-20-19(22-15-17-16-23(2)13-14-24(17)3)21-10-8-12-25-11-7-5-6-9-18(25)26;/h17H,4-16H2,1-3H3,(H2,20,21,22);1H. The number of nitrogens with zero attached hydrogens (tertiary/aromatic N) is 4. The number of nitrogens with one attached hydrogen (secondary N) is 2. The molecule has 0 aromatic carbocycles. The van der Waals surface area contributed by atoms with E-state index in [-0.39, 0.29) is 24.0 Å². The fourth-order valence-corrected chi connectivity index (χ4v) is 3.59. The van der Waals surface area contributed by atoms with Crippen LogP contribution in [0.1, 0.15) is 39.0 Å². The van der Waals surface area contributed by atoms with Gasteiger partial charge >= 0.3 is 0 Å². The molecule has 1 amide bonds. The van der Waals surface area contributed by atoms with Crippen molar-refractivity contribution in [3.63, 3.8) is 0 Å². The molecule has 7 nitrogen and oxygen atoms in total. The zero-order chi connectivity index (χ0) is 18.8. The number of hydrogen-bond donors (Lipinski definition) is 2. The van der Waals surface area contributed by atoms with E-state index >= 15 is 0 Å². The lowest BCUT2D eigenvalue weighted by Crippen LogP contribution is -2.51. The summed E-state index contributed by atoms with van der Waals surface area (Å²) in [7, 11) is 4.36. The van der Waals surface area contributed by atoms with E-state index in [2.05, 4.69) is 41.5 Å². The molecule has 2 heterocycles. The van der Waals surface area contributed by atoms with Crippen molar-refractivity contribution in [1.29, 1.82) is 0 Å². The van der Waals surface area contributed by atoms with Gasteiger partial charge in [-0.05, 0) is 40.3 Å². The Labute approximate surface area is 182 Å². The predicted molar refractivity (Wildman–Crippen MR) is 123 cm³/mol. The van der Waals surface area contributed by atoms with Crippen LogP contribution in [0, 0.1) is 0 Å². The first-order valence-electron chi connectivity index (χ1n) is 10.3. The van der Waals surface area contributed by atoms with Gasteiger partial charge in [0.05, 0.1) is 6.54 Å². The van der Waals surface area contributed by atoms with Crippen LogP contribution in [0.15, 0.2) is 4.99 Å². The summed E-state index contributed by atoms with van der Waals surface area (Å²) < 4.78 is 0. The fraction of sp³-hybridized carbons (Fsp3) is 0.895. The normalized spacial score (nSPS) is 22.9. The number of carbonyl (C=O) groups is 1. The van der Waals surface area contributed by atoms with E-state index in [0.717, 1.165) is 84.0 Å². The number of carbonyl (C=O) groups excluding carboxylic acids is 1. The highest BCUT2D eigenvalue weighted by Crippen LogP contribution is 2.11. The summed E-state index contributed by atoms with van der Waals surface area (Å²) >= 11 is 0. The number of aliphatic imine (C=N–C) groups is 1. The SMILES string of the molecule is CCNC(=NCC1CN(C)CCN1C)NCCCN1CCCCCC1=O.I. The Morgan fingerprint density at radius 2 is 1.96 bits per heavy atom. The molecule has 1 atom stereocenters. The predicted octanol–water partition coefficient (Wildman–Crippen LogP) is 1.20. The number of halogens is 1. The highest BCUT2D eigenvalue weighted by molar-refractivity contribution is 14.0. The molecule has 158 valence electrons. The van der Waals surface area contributed by atoms with Crippen molar-refractivity contribution in [2.75, 3.05) is 66.5 Å². The van der Waals surface area contributed by atoms with E-state index in [4.69, 9.17) is 4.99 Å². The third-order valence-corrected chi connectivity index (χ3v) is 5.35. The van der Waals surface area contributed by atoms with Gasteiger partial charge in [-0.3, -0.25) is 14.7 Å². The zero-order valence-electron chi connectivity index (χ0n) is 17.4. The minimum atomic E-state index is 0. The van der Waals surface area contributed by atoms with Crippen LogP contribution in [0.25, 0.3) is 0 Å². The smallest absolute Gasteiger partial charge is 0.222 e. The topological polar surface area (TPSA) is 63.2 Å². The lowest BCUT2D eigenvalue weighted by atomic mass is 10.2. The average Bonchev–Trinajstić information content (AvgIpc) is 2.83. The molecular formula is C19H39IN6O. The first-order chi connectivity index (χ1) is 12.6. The van der Waals surface area contributed by atoms with Gasteiger partial charge in [0.1, 0.15) is 0 Å². The second-order valence-corrected chi connectivity index (χ2v) is 7.59. The first-order valence-corrected chi connectivity index (χ1v) is 10.3. The highest BCUT2D eigenvalue weighted by atomic mass is 127. The summed E-state index contributed by atoms with van der Waals surface area (Å²) in [6.45, 7) is 9.67. The molecule has 27 heavy (non-hydrogen) atoms. The van der Waals surface area contributed by atoms with Crippen molar-refractivity contribution in [2.24, 2.45) is 4.99 Å². The molecule has 1 unspecified atom stereocenters. The van der Waals surface area contributed by atoms with E-state index < -0.39 is 0 Å². The summed E-state index contributed by atoms with van der Waals surface area (Å²) in [5, 5.41) is 6.76. The molecule has 0 aliphatic carbocycles. The number of piperazine rings is 1. The molecule has 8 heteroatoms. The second-order valence-electron chi connectivity index (χ2n) is 7.59. The fourth-order valence-electron chi connectivity index (χ4n) is 3.59. The van der Waals surface area contributed by atoms with Gasteiger partial charge in [0.2, 0.25) is 5.91 Å². The van der Waals surface area contributed by atoms with Crippen LogP contribution in [0.3, 0.4) is 0 Å². The number of guanidine groups is 1. The molecule has 2 aliphatic rings. The molecule has 0 spiro atoms. The Morgan fingerprint density at radius 3 is 2.74 bits per heavy atom. The van der Waals surface area contributed by atoms with Crippen molar-refractivity contribution >= 4 is 35.8 Å². The quantitative estimate of drug-likeness (QED) is 0.241. The minimum Gasteiger partial charge on any atom is -0.357 e. The van der Waals surface area contributed by atoms with Crippen LogP contribution in [-0.4, -0.2) is 99.1 Å². The summed E-state index contributed by atoms with van der Waals surface area (Å²) in [6.07, 6.45) is 5.06. The van der Waals surface area contributed by atoms with Crippen LogP contribution in [0.5, 0.6) is 0 Å². The van der Waals surface area contributed by atoms with Gasteiger partial charge < -0.3 is 20.4 Å². The first kappa shape index (κ1) is 24.4. The molecule has 2 rings (SSSR count). The maximum absolute atomic E-state index is 12.0. The molecule has 2 N–H and O–H groups in total. The van der Waals surface area contributed by atoms with E-state index in [0.29, 0.717) is 11.9 Å². The number of rotatable bonds is 7. The summed E-state index contributed by atoms with van der Waals surface area (Å²) in [6, 6.07) is 0.471. The number of amides is 1. The van der Waals surface area contributed by atoms with Gasteiger partial charge in [-0.25, -0.2) is 0 Å². The van der Waals surface area contributed by atoms with E-state index in [1.54, 1.807) is 0 Å². The van der Waals surface area contributed by atoms with Gasteiger partial charge in [0, 0.05) is 58.3 Å². The minimum absolute atomic E-state index is 0. The molecule has 0 saturated carbocycles. The Balaban J connectivity index is 0.00000364. The van der Waals surface area contributed by atoms with Crippen molar-refractivity contribution < 1.29 is 4.79 Å². The van der Waals surface area contributed by atoms with Crippen molar-refractivity contribution in [3.05, 3.63) is 0 Å². The zero-order valence-corrected chi connectivity index (χ0v) is 19.7. The summed E-state index contributed by atoms with van der Waals surface area (Å²) in [4.78, 5) is 23.6. The van der Waals surface area contributed by atoms with Crippen LogP contribution >= 0.6 is 24.0 Å². The molecule has 0 radical (unpaired) electrons. The molecule has 0 bridgehead atoms. The average molecular weight is 494 g/mol. The van der Waals surface area contributed by atoms with E-state index in [1.807, 2.05) is 4.90 Å². The Kier molecular flexibility index (Phi) is 12.3. The van der Waals surface area contributed by atoms with Crippen molar-refractivity contribution in [3.8, 4) is 0 Å². The Bertz CT molecular complexity index is 461. The molecule has 2 aliphatic heterocycles. The van der Waals surface area contributed by atoms with Crippen molar-refractivity contribution in [2.45, 2.75) is 45.1 Å². The Hall–Kier alpha value is -0.610. The molecule has 2 fully saturated rings. The highest BCUT2D eigenvalue weighted by Gasteiger charge is 2.21. The van der Waals surface area contributed by atoms with E-state index in [1.165, 1.54) is 6.42 Å². The molecule has 0 aromatic rings. The van der Waals surface area contributed by atoms with Crippen LogP contribution < -0.4 is 10.6 Å². The van der Waals surface area contributed by atoms with Crippen molar-refractivity contribution in [1.82, 2.24) is 25.3 Å². The van der Waals surface area contributed by atoms with Gasteiger partial charge in [-0.2, -0.15) is 0 Å². The third-order valence-electron chi connectivity index (χ3n) is 5.35. The third kappa shape index (κ3) is 8.95. The second kappa shape index (κ2) is 13.5. The Morgan fingerprint density at radius 1 is 1.15 bits per heavy atom. The van der Waals surface area contributed by atoms with Crippen LogP contribution in [0.2, 0.25) is 0 Å². The van der Waals surface area contributed by atoms with E-state index in [9.17, 15) is 4.79 Å².